The molecular weight excluding hydrogens is 480 g/mol. The molecule has 1 amide bonds. The van der Waals surface area contributed by atoms with Gasteiger partial charge in [-0.1, -0.05) is 30.3 Å². The first kappa shape index (κ1) is 26.4. The first-order chi connectivity index (χ1) is 18.2. The lowest BCUT2D eigenvalue weighted by molar-refractivity contribution is -0.158. The first-order valence-electron chi connectivity index (χ1n) is 13.8. The van der Waals surface area contributed by atoms with Crippen molar-refractivity contribution in [2.45, 2.75) is 63.5 Å². The maximum atomic E-state index is 13.5. The van der Waals surface area contributed by atoms with E-state index in [1.165, 1.54) is 26.7 Å². The fourth-order valence-corrected chi connectivity index (χ4v) is 6.68. The summed E-state index contributed by atoms with van der Waals surface area (Å²) < 4.78 is 11.5. The van der Waals surface area contributed by atoms with Gasteiger partial charge in [-0.15, -0.1) is 0 Å². The van der Waals surface area contributed by atoms with Crippen LogP contribution in [0.3, 0.4) is 0 Å². The molecule has 2 aliphatic carbocycles. The Morgan fingerprint density at radius 1 is 1.03 bits per heavy atom. The van der Waals surface area contributed by atoms with Gasteiger partial charge in [-0.2, -0.15) is 0 Å². The van der Waals surface area contributed by atoms with Crippen molar-refractivity contribution in [1.29, 1.82) is 0 Å². The molecule has 0 radical (unpaired) electrons. The molecule has 3 aliphatic rings. The van der Waals surface area contributed by atoms with Crippen LogP contribution in [0.5, 0.6) is 5.75 Å². The van der Waals surface area contributed by atoms with Crippen LogP contribution in [0, 0.1) is 11.8 Å². The number of hydrogen-bond acceptors (Lipinski definition) is 6. The van der Waals surface area contributed by atoms with Crippen LogP contribution in [-0.4, -0.2) is 66.5 Å². The summed E-state index contributed by atoms with van der Waals surface area (Å²) in [5.74, 6) is 0.669. The lowest BCUT2D eigenvalue weighted by Gasteiger charge is -2.56. The van der Waals surface area contributed by atoms with E-state index < -0.39 is 0 Å². The smallest absolute Gasteiger partial charge is 0.308 e. The van der Waals surface area contributed by atoms with Crippen LogP contribution in [0.1, 0.15) is 61.9 Å². The summed E-state index contributed by atoms with van der Waals surface area (Å²) in [5, 5.41) is 0. The number of hydrogen-bond donors (Lipinski definition) is 0. The Kier molecular flexibility index (Phi) is 7.57. The normalized spacial score (nSPS) is 27.2. The highest BCUT2D eigenvalue weighted by Crippen LogP contribution is 2.52. The highest BCUT2D eigenvalue weighted by Gasteiger charge is 2.54. The zero-order valence-corrected chi connectivity index (χ0v) is 22.6. The molecule has 2 saturated carbocycles. The zero-order valence-electron chi connectivity index (χ0n) is 22.6. The molecule has 38 heavy (non-hydrogen) atoms. The molecule has 5 rings (SSSR count). The van der Waals surface area contributed by atoms with Crippen LogP contribution in [-0.2, 0) is 19.7 Å². The summed E-state index contributed by atoms with van der Waals surface area (Å²) in [6, 6.07) is 17.0. The SMILES string of the molecule is CC(=O)Oc1cccc(C23CCN(CC4CC4)CC2C(OC(C)=O)C[C@@H](N(C)C(=O)c2ccccc2)C3)c1. The molecule has 0 aromatic heterocycles. The number of carbonyl (C=O) groups is 3. The second-order valence-electron chi connectivity index (χ2n) is 11.4. The zero-order chi connectivity index (χ0) is 26.9. The third kappa shape index (κ3) is 5.63. The number of esters is 2. The van der Waals surface area contributed by atoms with Gasteiger partial charge in [0.15, 0.2) is 0 Å². The molecule has 7 nitrogen and oxygen atoms in total. The van der Waals surface area contributed by atoms with E-state index in [0.29, 0.717) is 17.7 Å². The Morgan fingerprint density at radius 3 is 2.47 bits per heavy atom. The summed E-state index contributed by atoms with van der Waals surface area (Å²) in [4.78, 5) is 41.9. The van der Waals surface area contributed by atoms with E-state index in [-0.39, 0.29) is 41.3 Å². The van der Waals surface area contributed by atoms with Crippen LogP contribution < -0.4 is 4.74 Å². The minimum absolute atomic E-state index is 0.0365. The van der Waals surface area contributed by atoms with E-state index >= 15 is 0 Å². The molecule has 0 N–H and O–H groups in total. The number of benzene rings is 2. The predicted molar refractivity (Wildman–Crippen MR) is 144 cm³/mol. The molecule has 2 aromatic carbocycles. The minimum Gasteiger partial charge on any atom is -0.462 e. The van der Waals surface area contributed by atoms with Crippen molar-refractivity contribution in [3.05, 3.63) is 65.7 Å². The van der Waals surface area contributed by atoms with Gasteiger partial charge in [0.05, 0.1) is 0 Å². The van der Waals surface area contributed by atoms with E-state index in [9.17, 15) is 14.4 Å². The Balaban J connectivity index is 1.52. The van der Waals surface area contributed by atoms with Crippen LogP contribution in [0.2, 0.25) is 0 Å². The average Bonchev–Trinajstić information content (AvgIpc) is 3.72. The highest BCUT2D eigenvalue weighted by atomic mass is 16.5. The third-order valence-electron chi connectivity index (χ3n) is 8.68. The van der Waals surface area contributed by atoms with Gasteiger partial charge in [0.2, 0.25) is 0 Å². The fraction of sp³-hybridized carbons (Fsp3) is 0.516. The summed E-state index contributed by atoms with van der Waals surface area (Å²) in [5.41, 5.74) is 1.39. The number of rotatable bonds is 7. The monoisotopic (exact) mass is 518 g/mol. The van der Waals surface area contributed by atoms with Gasteiger partial charge in [-0.25, -0.2) is 0 Å². The van der Waals surface area contributed by atoms with Gasteiger partial charge in [-0.3, -0.25) is 14.4 Å². The second-order valence-corrected chi connectivity index (χ2v) is 11.4. The van der Waals surface area contributed by atoms with E-state index in [2.05, 4.69) is 11.0 Å². The molecule has 2 aromatic rings. The molecule has 0 bridgehead atoms. The molecule has 1 aliphatic heterocycles. The predicted octanol–water partition coefficient (Wildman–Crippen LogP) is 4.45. The van der Waals surface area contributed by atoms with Crippen molar-refractivity contribution in [2.75, 3.05) is 26.7 Å². The lowest BCUT2D eigenvalue weighted by Crippen LogP contribution is -2.62. The number of fused-ring (bicyclic) bond motifs is 1. The van der Waals surface area contributed by atoms with Crippen molar-refractivity contribution < 1.29 is 23.9 Å². The van der Waals surface area contributed by atoms with Gasteiger partial charge < -0.3 is 19.3 Å². The molecule has 3 unspecified atom stereocenters. The van der Waals surface area contributed by atoms with E-state index in [0.717, 1.165) is 44.0 Å². The molecule has 1 heterocycles. The van der Waals surface area contributed by atoms with Gasteiger partial charge in [0, 0.05) is 63.3 Å². The summed E-state index contributed by atoms with van der Waals surface area (Å²) >= 11 is 0. The Labute approximate surface area is 225 Å². The van der Waals surface area contributed by atoms with Crippen molar-refractivity contribution in [3.63, 3.8) is 0 Å². The number of piperidine rings is 1. The highest BCUT2D eigenvalue weighted by molar-refractivity contribution is 5.94. The Bertz CT molecular complexity index is 1180. The topological polar surface area (TPSA) is 76.2 Å². The maximum absolute atomic E-state index is 13.5. The quantitative estimate of drug-likeness (QED) is 0.398. The van der Waals surface area contributed by atoms with Crippen LogP contribution in [0.4, 0.5) is 0 Å². The van der Waals surface area contributed by atoms with Gasteiger partial charge >= 0.3 is 11.9 Å². The fourth-order valence-electron chi connectivity index (χ4n) is 6.68. The summed E-state index contributed by atoms with van der Waals surface area (Å²) in [6.07, 6.45) is 4.50. The third-order valence-corrected chi connectivity index (χ3v) is 8.68. The van der Waals surface area contributed by atoms with Crippen molar-refractivity contribution in [2.24, 2.45) is 11.8 Å². The van der Waals surface area contributed by atoms with E-state index in [1.807, 2.05) is 54.4 Å². The number of nitrogens with zero attached hydrogens (tertiary/aromatic N) is 2. The number of amides is 1. The molecule has 7 heteroatoms. The second kappa shape index (κ2) is 10.9. The minimum atomic E-state index is -0.358. The molecule has 0 spiro atoms. The number of ether oxygens (including phenoxy) is 2. The van der Waals surface area contributed by atoms with Crippen molar-refractivity contribution >= 4 is 17.8 Å². The van der Waals surface area contributed by atoms with Crippen LogP contribution in [0.25, 0.3) is 0 Å². The van der Waals surface area contributed by atoms with E-state index in [4.69, 9.17) is 9.47 Å². The molecular formula is C31H38N2O5. The van der Waals surface area contributed by atoms with E-state index in [1.54, 1.807) is 6.07 Å². The molecule has 4 atom stereocenters. The Hall–Kier alpha value is -3.19. The van der Waals surface area contributed by atoms with Gasteiger partial charge in [0.25, 0.3) is 5.91 Å². The maximum Gasteiger partial charge on any atom is 0.308 e. The average molecular weight is 519 g/mol. The molecule has 3 fully saturated rings. The van der Waals surface area contributed by atoms with Crippen molar-refractivity contribution in [1.82, 2.24) is 9.80 Å². The molecule has 1 saturated heterocycles. The van der Waals surface area contributed by atoms with Crippen LogP contribution in [0.15, 0.2) is 54.6 Å². The molecule has 202 valence electrons. The summed E-state index contributed by atoms with van der Waals surface area (Å²) in [7, 11) is 1.86. The van der Waals surface area contributed by atoms with Gasteiger partial charge in [-0.05, 0) is 68.0 Å². The van der Waals surface area contributed by atoms with Crippen molar-refractivity contribution in [3.8, 4) is 5.75 Å². The first-order valence-corrected chi connectivity index (χ1v) is 13.8. The largest absolute Gasteiger partial charge is 0.462 e. The Morgan fingerprint density at radius 2 is 1.79 bits per heavy atom. The lowest BCUT2D eigenvalue weighted by atomic mass is 9.56. The van der Waals surface area contributed by atoms with Crippen LogP contribution >= 0.6 is 0 Å². The number of likely N-dealkylation sites (tertiary alicyclic amines) is 1. The number of carbonyl (C=O) groups excluding carboxylic acids is 3. The van der Waals surface area contributed by atoms with Gasteiger partial charge in [0.1, 0.15) is 11.9 Å². The standard InChI is InChI=1S/C31H38N2O5/c1-21(34)37-27-11-7-10-25(16-27)31-14-15-33(19-23-12-13-23)20-28(31)29(38-22(2)35)17-26(18-31)32(3)30(36)24-8-5-4-6-9-24/h4-11,16,23,26,28-29H,12-15,17-20H2,1-3H3/t26-,28?,29?,31?/m1/s1. The summed E-state index contributed by atoms with van der Waals surface area (Å²) in [6.45, 7) is 5.75.